The maximum Gasteiger partial charge on any atom is 0.224 e. The van der Waals surface area contributed by atoms with E-state index in [1.807, 2.05) is 24.3 Å². The fourth-order valence-corrected chi connectivity index (χ4v) is 2.21. The molecule has 110 valence electrons. The minimum atomic E-state index is -0.0694. The van der Waals surface area contributed by atoms with Gasteiger partial charge in [0, 0.05) is 5.02 Å². The summed E-state index contributed by atoms with van der Waals surface area (Å²) in [6.07, 6.45) is 0.298. The van der Waals surface area contributed by atoms with Crippen molar-refractivity contribution in [3.8, 4) is 5.75 Å². The molecule has 0 saturated carbocycles. The minimum absolute atomic E-state index is 0.0694. The summed E-state index contributed by atoms with van der Waals surface area (Å²) >= 11 is 11.8. The monoisotopic (exact) mass is 323 g/mol. The molecule has 2 aromatic carbocycles. The van der Waals surface area contributed by atoms with Gasteiger partial charge in [0.05, 0.1) is 18.0 Å². The lowest BCUT2D eigenvalue weighted by molar-refractivity contribution is -0.120. The van der Waals surface area contributed by atoms with Gasteiger partial charge >= 0.3 is 0 Å². The first-order valence-corrected chi connectivity index (χ1v) is 7.29. The molecule has 2 aromatic rings. The lowest BCUT2D eigenvalue weighted by atomic mass is 10.1. The topological polar surface area (TPSA) is 38.3 Å². The number of rotatable bonds is 6. The highest BCUT2D eigenvalue weighted by atomic mass is 35.5. The normalized spacial score (nSPS) is 10.2. The van der Waals surface area contributed by atoms with Gasteiger partial charge in [-0.3, -0.25) is 4.79 Å². The highest BCUT2D eigenvalue weighted by Crippen LogP contribution is 2.22. The van der Waals surface area contributed by atoms with E-state index in [0.717, 1.165) is 5.56 Å². The summed E-state index contributed by atoms with van der Waals surface area (Å²) in [5.74, 6) is 0.545. The average Bonchev–Trinajstić information content (AvgIpc) is 2.45. The molecule has 0 fully saturated rings. The van der Waals surface area contributed by atoms with Crippen LogP contribution in [-0.2, 0) is 11.2 Å². The van der Waals surface area contributed by atoms with E-state index >= 15 is 0 Å². The molecule has 0 heterocycles. The Hall–Kier alpha value is -1.71. The molecule has 21 heavy (non-hydrogen) atoms. The van der Waals surface area contributed by atoms with Crippen molar-refractivity contribution >= 4 is 29.1 Å². The standard InChI is InChI=1S/C16H15Cl2NO2/c17-13-5-3-4-12(10-13)11-16(20)19-8-9-21-15-7-2-1-6-14(15)18/h1-7,10H,8-9,11H2,(H,19,20). The van der Waals surface area contributed by atoms with Crippen LogP contribution in [0.15, 0.2) is 48.5 Å². The smallest absolute Gasteiger partial charge is 0.224 e. The molecule has 0 atom stereocenters. The molecular weight excluding hydrogens is 309 g/mol. The van der Waals surface area contributed by atoms with Crippen LogP contribution in [0, 0.1) is 0 Å². The summed E-state index contributed by atoms with van der Waals surface area (Å²) in [6.45, 7) is 0.787. The second kappa shape index (κ2) is 7.91. The van der Waals surface area contributed by atoms with Gasteiger partial charge in [0.15, 0.2) is 0 Å². The Labute approximate surface area is 133 Å². The Morgan fingerprint density at radius 3 is 2.67 bits per heavy atom. The minimum Gasteiger partial charge on any atom is -0.490 e. The van der Waals surface area contributed by atoms with Crippen molar-refractivity contribution < 1.29 is 9.53 Å². The Morgan fingerprint density at radius 1 is 1.10 bits per heavy atom. The molecule has 0 aliphatic carbocycles. The van der Waals surface area contributed by atoms with Crippen molar-refractivity contribution in [3.63, 3.8) is 0 Å². The fraction of sp³-hybridized carbons (Fsp3) is 0.188. The molecule has 0 bridgehead atoms. The van der Waals surface area contributed by atoms with Crippen molar-refractivity contribution in [2.75, 3.05) is 13.2 Å². The number of halogens is 2. The highest BCUT2D eigenvalue weighted by Gasteiger charge is 2.04. The number of carbonyl (C=O) groups excluding carboxylic acids is 1. The molecule has 3 nitrogen and oxygen atoms in total. The third kappa shape index (κ3) is 5.29. The van der Waals surface area contributed by atoms with Crippen molar-refractivity contribution in [1.29, 1.82) is 0 Å². The van der Waals surface area contributed by atoms with Crippen LogP contribution in [-0.4, -0.2) is 19.1 Å². The third-order valence-electron chi connectivity index (χ3n) is 2.77. The van der Waals surface area contributed by atoms with Crippen molar-refractivity contribution in [2.45, 2.75) is 6.42 Å². The summed E-state index contributed by atoms with van der Waals surface area (Å²) in [5, 5.41) is 3.98. The van der Waals surface area contributed by atoms with Crippen LogP contribution in [0.25, 0.3) is 0 Å². The number of nitrogens with one attached hydrogen (secondary N) is 1. The van der Waals surface area contributed by atoms with Crippen LogP contribution in [0.5, 0.6) is 5.75 Å². The molecule has 1 N–H and O–H groups in total. The number of benzene rings is 2. The zero-order chi connectivity index (χ0) is 15.1. The van der Waals surface area contributed by atoms with Crippen molar-refractivity contribution in [1.82, 2.24) is 5.32 Å². The first kappa shape index (κ1) is 15.7. The first-order chi connectivity index (χ1) is 10.1. The molecular formula is C16H15Cl2NO2. The molecule has 0 aliphatic heterocycles. The number of ether oxygens (including phenoxy) is 1. The second-order valence-electron chi connectivity index (χ2n) is 4.44. The zero-order valence-electron chi connectivity index (χ0n) is 11.3. The number of carbonyl (C=O) groups is 1. The van der Waals surface area contributed by atoms with Crippen LogP contribution < -0.4 is 10.1 Å². The lowest BCUT2D eigenvalue weighted by Gasteiger charge is -2.09. The molecule has 0 saturated heterocycles. The predicted octanol–water partition coefficient (Wildman–Crippen LogP) is 3.73. The van der Waals surface area contributed by atoms with Gasteiger partial charge in [-0.15, -0.1) is 0 Å². The van der Waals surface area contributed by atoms with Crippen LogP contribution in [0.3, 0.4) is 0 Å². The number of amides is 1. The summed E-state index contributed by atoms with van der Waals surface area (Å²) < 4.78 is 5.49. The van der Waals surface area contributed by atoms with Gasteiger partial charge in [-0.05, 0) is 29.8 Å². The van der Waals surface area contributed by atoms with E-state index in [4.69, 9.17) is 27.9 Å². The second-order valence-corrected chi connectivity index (χ2v) is 5.28. The van der Waals surface area contributed by atoms with Gasteiger partial charge in [0.25, 0.3) is 0 Å². The molecule has 0 aromatic heterocycles. The first-order valence-electron chi connectivity index (χ1n) is 6.53. The molecule has 5 heteroatoms. The van der Waals surface area contributed by atoms with Crippen LogP contribution in [0.1, 0.15) is 5.56 Å². The average molecular weight is 324 g/mol. The third-order valence-corrected chi connectivity index (χ3v) is 3.32. The number of hydrogen-bond acceptors (Lipinski definition) is 2. The van der Waals surface area contributed by atoms with Gasteiger partial charge < -0.3 is 10.1 Å². The summed E-state index contributed by atoms with van der Waals surface area (Å²) in [7, 11) is 0. The van der Waals surface area contributed by atoms with E-state index in [9.17, 15) is 4.79 Å². The van der Waals surface area contributed by atoms with Gasteiger partial charge in [-0.25, -0.2) is 0 Å². The van der Waals surface area contributed by atoms with Crippen molar-refractivity contribution in [3.05, 3.63) is 64.1 Å². The Morgan fingerprint density at radius 2 is 1.90 bits per heavy atom. The van der Waals surface area contributed by atoms with Gasteiger partial charge in [-0.1, -0.05) is 47.5 Å². The molecule has 1 amide bonds. The highest BCUT2D eigenvalue weighted by molar-refractivity contribution is 6.32. The Bertz CT molecular complexity index is 617. The zero-order valence-corrected chi connectivity index (χ0v) is 12.8. The molecule has 0 unspecified atom stereocenters. The summed E-state index contributed by atoms with van der Waals surface area (Å²) in [4.78, 5) is 11.8. The van der Waals surface area contributed by atoms with E-state index in [2.05, 4.69) is 5.32 Å². The van der Waals surface area contributed by atoms with Gasteiger partial charge in [0.2, 0.25) is 5.91 Å². The molecule has 0 radical (unpaired) electrons. The lowest BCUT2D eigenvalue weighted by Crippen LogP contribution is -2.29. The summed E-state index contributed by atoms with van der Waals surface area (Å²) in [6, 6.07) is 14.5. The van der Waals surface area contributed by atoms with Crippen molar-refractivity contribution in [2.24, 2.45) is 0 Å². The van der Waals surface area contributed by atoms with Crippen LogP contribution in [0.4, 0.5) is 0 Å². The predicted molar refractivity (Wildman–Crippen MR) is 85.1 cm³/mol. The Balaban J connectivity index is 1.71. The van der Waals surface area contributed by atoms with E-state index in [-0.39, 0.29) is 5.91 Å². The Kier molecular flexibility index (Phi) is 5.90. The van der Waals surface area contributed by atoms with Gasteiger partial charge in [-0.2, -0.15) is 0 Å². The van der Waals surface area contributed by atoms with E-state index in [0.29, 0.717) is 35.4 Å². The van der Waals surface area contributed by atoms with E-state index in [1.54, 1.807) is 24.3 Å². The quantitative estimate of drug-likeness (QED) is 0.822. The largest absolute Gasteiger partial charge is 0.490 e. The van der Waals surface area contributed by atoms with Crippen LogP contribution in [0.2, 0.25) is 10.0 Å². The molecule has 0 spiro atoms. The maximum atomic E-state index is 11.8. The maximum absolute atomic E-state index is 11.8. The number of para-hydroxylation sites is 1. The SMILES string of the molecule is O=C(Cc1cccc(Cl)c1)NCCOc1ccccc1Cl. The number of hydrogen-bond donors (Lipinski definition) is 1. The van der Waals surface area contributed by atoms with E-state index in [1.165, 1.54) is 0 Å². The summed E-state index contributed by atoms with van der Waals surface area (Å²) in [5.41, 5.74) is 0.882. The van der Waals surface area contributed by atoms with Crippen LogP contribution >= 0.6 is 23.2 Å². The van der Waals surface area contributed by atoms with E-state index < -0.39 is 0 Å². The van der Waals surface area contributed by atoms with Gasteiger partial charge in [0.1, 0.15) is 12.4 Å². The molecule has 0 aliphatic rings. The fourth-order valence-electron chi connectivity index (χ4n) is 1.81. The molecule has 2 rings (SSSR count).